The molecule has 1 heterocycles. The van der Waals surface area contributed by atoms with Crippen LogP contribution in [0.4, 0.5) is 25.0 Å². The summed E-state index contributed by atoms with van der Waals surface area (Å²) in [6.45, 7) is 0.0382. The first-order valence-corrected chi connectivity index (χ1v) is 11.3. The van der Waals surface area contributed by atoms with Gasteiger partial charge in [-0.1, -0.05) is 38.0 Å². The lowest BCUT2D eigenvalue weighted by molar-refractivity contribution is -0.0498. The first-order valence-electron chi connectivity index (χ1n) is 11.3. The summed E-state index contributed by atoms with van der Waals surface area (Å²) < 4.78 is 35.3. The van der Waals surface area contributed by atoms with Gasteiger partial charge in [-0.05, 0) is 48.1 Å². The third kappa shape index (κ3) is 5.36. The predicted octanol–water partition coefficient (Wildman–Crippen LogP) is 6.22. The number of benzene rings is 2. The van der Waals surface area contributed by atoms with Gasteiger partial charge >= 0.3 is 12.7 Å². The van der Waals surface area contributed by atoms with Crippen LogP contribution < -0.4 is 15.0 Å². The molecule has 1 N–H and O–H groups in total. The van der Waals surface area contributed by atoms with E-state index in [1.54, 1.807) is 18.2 Å². The maximum atomic E-state index is 12.8. The number of nitrogens with zero attached hydrogens (tertiary/aromatic N) is 2. The highest BCUT2D eigenvalue weighted by Crippen LogP contribution is 2.50. The average Bonchev–Trinajstić information content (AvgIpc) is 3.57. The highest BCUT2D eigenvalue weighted by molar-refractivity contribution is 5.84. The topological polar surface area (TPSA) is 74.6 Å². The van der Waals surface area contributed by atoms with Crippen LogP contribution in [0.1, 0.15) is 55.7 Å². The van der Waals surface area contributed by atoms with Gasteiger partial charge in [0.1, 0.15) is 5.75 Å². The molecule has 8 heteroatoms. The van der Waals surface area contributed by atoms with Crippen molar-refractivity contribution in [2.24, 2.45) is 5.92 Å². The molecule has 2 aliphatic rings. The summed E-state index contributed by atoms with van der Waals surface area (Å²) in [5.74, 6) is 0.255. The van der Waals surface area contributed by atoms with Gasteiger partial charge in [-0.15, -0.1) is 0 Å². The van der Waals surface area contributed by atoms with Crippen molar-refractivity contribution in [3.05, 3.63) is 53.6 Å². The molecule has 2 unspecified atom stereocenters. The van der Waals surface area contributed by atoms with Crippen LogP contribution in [0.3, 0.4) is 0 Å². The minimum absolute atomic E-state index is 0.0756. The minimum Gasteiger partial charge on any atom is -0.449 e. The zero-order chi connectivity index (χ0) is 23.4. The number of carbonyl (C=O) groups is 1. The van der Waals surface area contributed by atoms with Crippen LogP contribution >= 0.6 is 0 Å². The van der Waals surface area contributed by atoms with Crippen molar-refractivity contribution in [2.75, 3.05) is 23.4 Å². The number of ether oxygens (including phenoxy) is 2. The quantitative estimate of drug-likeness (QED) is 0.486. The number of halogens is 2. The molecule has 1 aliphatic carbocycles. The summed E-state index contributed by atoms with van der Waals surface area (Å²) >= 11 is 0. The van der Waals surface area contributed by atoms with E-state index in [2.05, 4.69) is 21.0 Å². The lowest BCUT2D eigenvalue weighted by atomic mass is 9.91. The summed E-state index contributed by atoms with van der Waals surface area (Å²) in [6.07, 6.45) is 3.56. The third-order valence-corrected chi connectivity index (χ3v) is 6.05. The molecule has 0 bridgehead atoms. The number of carbonyl (C=O) groups excluding carboxylic acids is 1. The molecule has 0 saturated heterocycles. The van der Waals surface area contributed by atoms with Gasteiger partial charge in [0.25, 0.3) is 0 Å². The maximum Gasteiger partial charge on any atom is 0.411 e. The Bertz CT molecular complexity index is 1040. The molecule has 1 aliphatic heterocycles. The van der Waals surface area contributed by atoms with Crippen molar-refractivity contribution in [3.63, 3.8) is 0 Å². The van der Waals surface area contributed by atoms with Crippen LogP contribution in [0.15, 0.2) is 42.5 Å². The van der Waals surface area contributed by atoms with Crippen molar-refractivity contribution in [1.29, 1.82) is 5.26 Å². The van der Waals surface area contributed by atoms with E-state index in [1.807, 2.05) is 25.1 Å². The molecule has 4 rings (SSSR count). The molecule has 174 valence electrons. The van der Waals surface area contributed by atoms with E-state index in [0.717, 1.165) is 29.7 Å². The van der Waals surface area contributed by atoms with Crippen molar-refractivity contribution in [3.8, 4) is 11.8 Å². The predicted molar refractivity (Wildman–Crippen MR) is 121 cm³/mol. The number of hydrogen-bond donors (Lipinski definition) is 1. The Hall–Kier alpha value is -3.34. The largest absolute Gasteiger partial charge is 0.449 e. The van der Waals surface area contributed by atoms with Crippen molar-refractivity contribution >= 4 is 17.5 Å². The molecule has 0 spiro atoms. The molecule has 33 heavy (non-hydrogen) atoms. The van der Waals surface area contributed by atoms with Crippen molar-refractivity contribution < 1.29 is 23.0 Å². The summed E-state index contributed by atoms with van der Waals surface area (Å²) in [7, 11) is 0. The molecule has 1 fully saturated rings. The van der Waals surface area contributed by atoms with Crippen LogP contribution in [0.5, 0.6) is 5.75 Å². The maximum absolute atomic E-state index is 12.8. The van der Waals surface area contributed by atoms with Gasteiger partial charge in [-0.25, -0.2) is 4.79 Å². The zero-order valence-electron chi connectivity index (χ0n) is 18.5. The second-order valence-corrected chi connectivity index (χ2v) is 8.46. The molecule has 1 saturated carbocycles. The molecular weight excluding hydrogens is 428 g/mol. The van der Waals surface area contributed by atoms with E-state index in [1.165, 1.54) is 18.9 Å². The SMILES string of the molecule is CCCOC(=O)Nc1cccc(C2C(C#N)c3ccc(OC(F)F)cc3N2CCC2CC2)c1. The van der Waals surface area contributed by atoms with Crippen LogP contribution in [-0.2, 0) is 4.74 Å². The molecule has 1 amide bonds. The van der Waals surface area contributed by atoms with E-state index in [0.29, 0.717) is 24.8 Å². The minimum atomic E-state index is -2.91. The fourth-order valence-corrected chi connectivity index (χ4v) is 4.36. The summed E-state index contributed by atoms with van der Waals surface area (Å²) in [5.41, 5.74) is 2.97. The highest BCUT2D eigenvalue weighted by atomic mass is 19.3. The van der Waals surface area contributed by atoms with E-state index < -0.39 is 18.6 Å². The Balaban J connectivity index is 1.65. The smallest absolute Gasteiger partial charge is 0.411 e. The number of fused-ring (bicyclic) bond motifs is 1. The number of amides is 1. The lowest BCUT2D eigenvalue weighted by Gasteiger charge is -2.29. The summed E-state index contributed by atoms with van der Waals surface area (Å²) in [5, 5.41) is 12.8. The number of alkyl halides is 2. The van der Waals surface area contributed by atoms with Gasteiger partial charge in [-0.2, -0.15) is 14.0 Å². The molecule has 2 atom stereocenters. The Labute approximate surface area is 192 Å². The Morgan fingerprint density at radius 2 is 2.09 bits per heavy atom. The third-order valence-electron chi connectivity index (χ3n) is 6.05. The molecule has 6 nitrogen and oxygen atoms in total. The van der Waals surface area contributed by atoms with Gasteiger partial charge in [0.2, 0.25) is 0 Å². The summed E-state index contributed by atoms with van der Waals surface area (Å²) in [4.78, 5) is 14.1. The van der Waals surface area contributed by atoms with E-state index >= 15 is 0 Å². The zero-order valence-corrected chi connectivity index (χ0v) is 18.5. The van der Waals surface area contributed by atoms with E-state index in [-0.39, 0.29) is 11.8 Å². The van der Waals surface area contributed by atoms with Crippen LogP contribution in [0.25, 0.3) is 0 Å². The Kier molecular flexibility index (Phi) is 6.97. The number of rotatable bonds is 9. The monoisotopic (exact) mass is 455 g/mol. The standard InChI is InChI=1S/C25H27F2N3O3/c1-2-12-32-25(31)29-18-5-3-4-17(13-18)23-21(15-28)20-9-8-19(33-24(26)27)14-22(20)30(23)11-10-16-6-7-16/h3-5,8-9,13-14,16,21,23-24H,2,6-7,10-12H2,1H3,(H,29,31). The molecule has 0 radical (unpaired) electrons. The van der Waals surface area contributed by atoms with Crippen LogP contribution in [0.2, 0.25) is 0 Å². The number of nitrogens with one attached hydrogen (secondary N) is 1. The Morgan fingerprint density at radius 3 is 2.79 bits per heavy atom. The number of hydrogen-bond acceptors (Lipinski definition) is 5. The second kappa shape index (κ2) is 10.1. The fraction of sp³-hybridized carbons (Fsp3) is 0.440. The lowest BCUT2D eigenvalue weighted by Crippen LogP contribution is -2.28. The van der Waals surface area contributed by atoms with Gasteiger partial charge in [-0.3, -0.25) is 5.32 Å². The van der Waals surface area contributed by atoms with Gasteiger partial charge in [0, 0.05) is 24.0 Å². The van der Waals surface area contributed by atoms with Crippen LogP contribution in [-0.4, -0.2) is 25.9 Å². The fourth-order valence-electron chi connectivity index (χ4n) is 4.36. The molecule has 0 aromatic heterocycles. The van der Waals surface area contributed by atoms with Gasteiger partial charge < -0.3 is 14.4 Å². The molecule has 2 aromatic carbocycles. The van der Waals surface area contributed by atoms with E-state index in [4.69, 9.17) is 4.74 Å². The normalized spacial score (nSPS) is 19.2. The van der Waals surface area contributed by atoms with E-state index in [9.17, 15) is 18.8 Å². The first kappa shape index (κ1) is 22.8. The second-order valence-electron chi connectivity index (χ2n) is 8.46. The van der Waals surface area contributed by atoms with Crippen LogP contribution in [0, 0.1) is 17.2 Å². The average molecular weight is 456 g/mol. The first-order chi connectivity index (χ1) is 16.0. The van der Waals surface area contributed by atoms with Gasteiger partial charge in [0.05, 0.1) is 24.6 Å². The number of anilines is 2. The Morgan fingerprint density at radius 1 is 1.27 bits per heavy atom. The molecule has 2 aromatic rings. The van der Waals surface area contributed by atoms with Crippen molar-refractivity contribution in [1.82, 2.24) is 0 Å². The van der Waals surface area contributed by atoms with Gasteiger partial charge in [0.15, 0.2) is 0 Å². The highest BCUT2D eigenvalue weighted by Gasteiger charge is 2.40. The molecular formula is C25H27F2N3O3. The van der Waals surface area contributed by atoms with Crippen molar-refractivity contribution in [2.45, 2.75) is 51.2 Å². The summed E-state index contributed by atoms with van der Waals surface area (Å²) in [6, 6.07) is 14.2. The number of nitriles is 1.